The summed E-state index contributed by atoms with van der Waals surface area (Å²) in [6.45, 7) is 3.64. The second-order valence-electron chi connectivity index (χ2n) is 3.75. The number of carbonyl (C=O) groups excluding carboxylic acids is 1. The predicted molar refractivity (Wildman–Crippen MR) is 68.7 cm³/mol. The van der Waals surface area contributed by atoms with Gasteiger partial charge >= 0.3 is 6.09 Å². The summed E-state index contributed by atoms with van der Waals surface area (Å²) in [6.07, 6.45) is -0.550. The summed E-state index contributed by atoms with van der Waals surface area (Å²) in [6, 6.07) is -0.107. The van der Waals surface area contributed by atoms with Crippen LogP contribution >= 0.6 is 46.4 Å². The molecule has 0 saturated carbocycles. The van der Waals surface area contributed by atoms with E-state index < -0.39 is 9.89 Å². The SMILES string of the molecule is CC(C)C(CCl)N(C)C(=O)OCC(Cl)(Cl)Cl. The molecule has 0 aliphatic heterocycles. The van der Waals surface area contributed by atoms with Crippen LogP contribution in [0.5, 0.6) is 0 Å². The van der Waals surface area contributed by atoms with Crippen molar-refractivity contribution in [3.63, 3.8) is 0 Å². The Morgan fingerprint density at radius 2 is 1.88 bits per heavy atom. The van der Waals surface area contributed by atoms with E-state index in [2.05, 4.69) is 0 Å². The van der Waals surface area contributed by atoms with E-state index in [1.807, 2.05) is 13.8 Å². The summed E-state index contributed by atoms with van der Waals surface area (Å²) in [5.74, 6) is 0.555. The molecule has 0 aromatic heterocycles. The molecule has 3 nitrogen and oxygen atoms in total. The van der Waals surface area contributed by atoms with Crippen LogP contribution in [0.1, 0.15) is 13.8 Å². The van der Waals surface area contributed by atoms with Crippen molar-refractivity contribution in [2.24, 2.45) is 5.92 Å². The van der Waals surface area contributed by atoms with Gasteiger partial charge < -0.3 is 9.64 Å². The van der Waals surface area contributed by atoms with Crippen molar-refractivity contribution in [1.82, 2.24) is 4.90 Å². The van der Waals surface area contributed by atoms with Gasteiger partial charge in [-0.3, -0.25) is 0 Å². The molecular formula is C9H15Cl4NO2. The van der Waals surface area contributed by atoms with E-state index in [1.54, 1.807) is 7.05 Å². The number of halogens is 4. The minimum Gasteiger partial charge on any atom is -0.445 e. The first kappa shape index (κ1) is 16.4. The minimum atomic E-state index is -1.59. The van der Waals surface area contributed by atoms with Gasteiger partial charge in [-0.15, -0.1) is 11.6 Å². The van der Waals surface area contributed by atoms with E-state index in [0.717, 1.165) is 0 Å². The molecule has 7 heteroatoms. The van der Waals surface area contributed by atoms with Crippen molar-refractivity contribution in [3.8, 4) is 0 Å². The third kappa shape index (κ3) is 6.24. The Bertz CT molecular complexity index is 230. The van der Waals surface area contributed by atoms with Gasteiger partial charge in [0.15, 0.2) is 0 Å². The lowest BCUT2D eigenvalue weighted by molar-refractivity contribution is 0.0936. The van der Waals surface area contributed by atoms with Crippen LogP contribution < -0.4 is 0 Å². The lowest BCUT2D eigenvalue weighted by Crippen LogP contribution is -2.42. The molecule has 0 aliphatic rings. The number of ether oxygens (including phenoxy) is 1. The first-order valence-corrected chi connectivity index (χ1v) is 6.38. The molecule has 0 saturated heterocycles. The Hall–Kier alpha value is 0.430. The van der Waals surface area contributed by atoms with Gasteiger partial charge in [0.25, 0.3) is 0 Å². The van der Waals surface area contributed by atoms with Crippen molar-refractivity contribution >= 4 is 52.5 Å². The van der Waals surface area contributed by atoms with Gasteiger partial charge in [-0.25, -0.2) is 4.79 Å². The molecule has 1 atom stereocenters. The predicted octanol–water partition coefficient (Wildman–Crippen LogP) is 3.69. The second-order valence-corrected chi connectivity index (χ2v) is 6.57. The number of rotatable bonds is 4. The summed E-state index contributed by atoms with van der Waals surface area (Å²) in [5, 5.41) is 0. The monoisotopic (exact) mass is 309 g/mol. The minimum absolute atomic E-state index is 0.107. The molecule has 0 spiro atoms. The topological polar surface area (TPSA) is 29.5 Å². The number of alkyl halides is 4. The summed E-state index contributed by atoms with van der Waals surface area (Å²) < 4.78 is 3.24. The van der Waals surface area contributed by atoms with Gasteiger partial charge in [-0.2, -0.15) is 0 Å². The van der Waals surface area contributed by atoms with E-state index in [-0.39, 0.29) is 18.6 Å². The molecule has 0 heterocycles. The van der Waals surface area contributed by atoms with Crippen LogP contribution in [-0.4, -0.2) is 40.4 Å². The van der Waals surface area contributed by atoms with Gasteiger partial charge in [0.1, 0.15) is 6.61 Å². The van der Waals surface area contributed by atoms with Crippen LogP contribution in [0.15, 0.2) is 0 Å². The fourth-order valence-electron chi connectivity index (χ4n) is 1.11. The molecule has 0 aliphatic carbocycles. The van der Waals surface area contributed by atoms with Gasteiger partial charge in [0.05, 0.1) is 6.04 Å². The third-order valence-corrected chi connectivity index (χ3v) is 2.72. The number of nitrogens with zero attached hydrogens (tertiary/aromatic N) is 1. The molecule has 96 valence electrons. The number of carbonyl (C=O) groups is 1. The Labute approximate surface area is 116 Å². The Morgan fingerprint density at radius 3 is 2.19 bits per heavy atom. The van der Waals surface area contributed by atoms with Crippen molar-refractivity contribution < 1.29 is 9.53 Å². The number of hydrogen-bond donors (Lipinski definition) is 0. The standard InChI is InChI=1S/C9H15Cl4NO2/c1-6(2)7(4-10)14(3)8(15)16-5-9(11,12)13/h6-7H,4-5H2,1-3H3. The fraction of sp³-hybridized carbons (Fsp3) is 0.889. The summed E-state index contributed by atoms with van der Waals surface area (Å²) in [5.41, 5.74) is 0. The van der Waals surface area contributed by atoms with E-state index >= 15 is 0 Å². The van der Waals surface area contributed by atoms with Crippen molar-refractivity contribution in [2.45, 2.75) is 23.7 Å². The largest absolute Gasteiger partial charge is 0.445 e. The first-order valence-electron chi connectivity index (χ1n) is 4.71. The van der Waals surface area contributed by atoms with Crippen LogP contribution in [-0.2, 0) is 4.74 Å². The smallest absolute Gasteiger partial charge is 0.409 e. The molecule has 0 aromatic carbocycles. The molecule has 0 rings (SSSR count). The van der Waals surface area contributed by atoms with Crippen LogP contribution in [0, 0.1) is 5.92 Å². The highest BCUT2D eigenvalue weighted by atomic mass is 35.6. The van der Waals surface area contributed by atoms with E-state index in [0.29, 0.717) is 5.88 Å². The fourth-order valence-corrected chi connectivity index (χ4v) is 1.84. The molecule has 0 radical (unpaired) electrons. The molecule has 0 fully saturated rings. The number of amides is 1. The Kier molecular flexibility index (Phi) is 7.18. The van der Waals surface area contributed by atoms with Gasteiger partial charge in [-0.1, -0.05) is 48.7 Å². The van der Waals surface area contributed by atoms with Crippen LogP contribution in [0.4, 0.5) is 4.79 Å². The first-order chi connectivity index (χ1) is 7.19. The average Bonchev–Trinajstić information content (AvgIpc) is 2.13. The molecule has 1 amide bonds. The Balaban J connectivity index is 4.27. The molecule has 0 bridgehead atoms. The van der Waals surface area contributed by atoms with E-state index in [4.69, 9.17) is 51.1 Å². The van der Waals surface area contributed by atoms with Crippen LogP contribution in [0.2, 0.25) is 0 Å². The van der Waals surface area contributed by atoms with Crippen LogP contribution in [0.25, 0.3) is 0 Å². The highest BCUT2D eigenvalue weighted by molar-refractivity contribution is 6.67. The maximum absolute atomic E-state index is 11.6. The van der Waals surface area contributed by atoms with E-state index in [9.17, 15) is 4.79 Å². The third-order valence-electron chi connectivity index (χ3n) is 2.07. The average molecular weight is 311 g/mol. The maximum Gasteiger partial charge on any atom is 0.409 e. The van der Waals surface area contributed by atoms with Gasteiger partial charge in [0.2, 0.25) is 3.79 Å². The van der Waals surface area contributed by atoms with Crippen molar-refractivity contribution in [3.05, 3.63) is 0 Å². The highest BCUT2D eigenvalue weighted by Crippen LogP contribution is 2.26. The normalized spacial score (nSPS) is 13.8. The summed E-state index contributed by atoms with van der Waals surface area (Å²) in [7, 11) is 1.60. The molecule has 0 N–H and O–H groups in total. The molecule has 16 heavy (non-hydrogen) atoms. The molecule has 1 unspecified atom stereocenters. The Morgan fingerprint density at radius 1 is 1.38 bits per heavy atom. The summed E-state index contributed by atoms with van der Waals surface area (Å²) in [4.78, 5) is 13.0. The summed E-state index contributed by atoms with van der Waals surface area (Å²) >= 11 is 22.2. The van der Waals surface area contributed by atoms with Crippen molar-refractivity contribution in [2.75, 3.05) is 19.5 Å². The highest BCUT2D eigenvalue weighted by Gasteiger charge is 2.27. The zero-order valence-corrected chi connectivity index (χ0v) is 12.4. The van der Waals surface area contributed by atoms with E-state index in [1.165, 1.54) is 4.90 Å². The molecular weight excluding hydrogens is 296 g/mol. The van der Waals surface area contributed by atoms with Gasteiger partial charge in [-0.05, 0) is 5.92 Å². The lowest BCUT2D eigenvalue weighted by Gasteiger charge is -2.29. The van der Waals surface area contributed by atoms with Crippen LogP contribution in [0.3, 0.4) is 0 Å². The maximum atomic E-state index is 11.6. The quantitative estimate of drug-likeness (QED) is 0.741. The molecule has 0 aromatic rings. The van der Waals surface area contributed by atoms with Crippen molar-refractivity contribution in [1.29, 1.82) is 0 Å². The lowest BCUT2D eigenvalue weighted by atomic mass is 10.1. The zero-order valence-electron chi connectivity index (χ0n) is 9.34. The zero-order chi connectivity index (χ0) is 12.9. The number of hydrogen-bond acceptors (Lipinski definition) is 2. The van der Waals surface area contributed by atoms with Gasteiger partial charge in [0, 0.05) is 12.9 Å². The second kappa shape index (κ2) is 7.00.